The van der Waals surface area contributed by atoms with Crippen LogP contribution in [0.3, 0.4) is 0 Å². The number of hydrogen-bond donors (Lipinski definition) is 1. The minimum atomic E-state index is 0.945. The molecule has 4 heteroatoms. The molecule has 0 aliphatic heterocycles. The molecular weight excluding hydrogens is 368 g/mol. The van der Waals surface area contributed by atoms with Crippen LogP contribution in [0.25, 0.3) is 0 Å². The highest BCUT2D eigenvalue weighted by molar-refractivity contribution is 5.11. The van der Waals surface area contributed by atoms with E-state index in [2.05, 4.69) is 53.2 Å². The minimum absolute atomic E-state index is 0.945. The number of benzene rings is 1. The molecule has 0 bridgehead atoms. The summed E-state index contributed by atoms with van der Waals surface area (Å²) in [6.07, 6.45) is 18.3. The average Bonchev–Trinajstić information content (AvgIpc) is 3.27. The van der Waals surface area contributed by atoms with Gasteiger partial charge >= 0.3 is 0 Å². The van der Waals surface area contributed by atoms with Crippen molar-refractivity contribution in [3.05, 3.63) is 47.8 Å². The van der Waals surface area contributed by atoms with E-state index in [1.807, 2.05) is 24.4 Å². The van der Waals surface area contributed by atoms with Crippen molar-refractivity contribution in [2.24, 2.45) is 0 Å². The number of nitrogens with zero attached hydrogens (tertiary/aromatic N) is 3. The van der Waals surface area contributed by atoms with Crippen LogP contribution in [0.5, 0.6) is 0 Å². The molecular formula is C26H46N4. The zero-order chi connectivity index (χ0) is 21.7. The van der Waals surface area contributed by atoms with Gasteiger partial charge in [0, 0.05) is 12.7 Å². The lowest BCUT2D eigenvalue weighted by molar-refractivity contribution is 0.249. The average molecular weight is 415 g/mol. The molecule has 1 aromatic carbocycles. The molecule has 0 spiro atoms. The fourth-order valence-corrected chi connectivity index (χ4v) is 3.57. The molecule has 4 nitrogen and oxygen atoms in total. The highest BCUT2D eigenvalue weighted by atomic mass is 15.3. The van der Waals surface area contributed by atoms with E-state index < -0.39 is 0 Å². The Balaban J connectivity index is 0.000000539. The van der Waals surface area contributed by atoms with Gasteiger partial charge in [-0.1, -0.05) is 119 Å². The van der Waals surface area contributed by atoms with Gasteiger partial charge in [-0.05, 0) is 32.9 Å². The summed E-state index contributed by atoms with van der Waals surface area (Å²) in [7, 11) is 0. The molecule has 170 valence electrons. The van der Waals surface area contributed by atoms with Gasteiger partial charge in [-0.2, -0.15) is 0 Å². The largest absolute Gasteiger partial charge is 0.297 e. The van der Waals surface area contributed by atoms with Crippen molar-refractivity contribution < 1.29 is 0 Å². The Hall–Kier alpha value is -1.68. The lowest BCUT2D eigenvalue weighted by atomic mass is 10.1. The van der Waals surface area contributed by atoms with Crippen LogP contribution in [-0.4, -0.2) is 33.4 Å². The molecule has 0 radical (unpaired) electrons. The Bertz CT molecular complexity index is 552. The van der Waals surface area contributed by atoms with Gasteiger partial charge in [0.1, 0.15) is 0 Å². The SMILES string of the molecule is CCCCCCCCN(CCCCCCCC)Cc1c[nH]nn1.Cc1ccccc1. The van der Waals surface area contributed by atoms with E-state index in [1.165, 1.54) is 95.7 Å². The summed E-state index contributed by atoms with van der Waals surface area (Å²) in [5, 5.41) is 10.8. The summed E-state index contributed by atoms with van der Waals surface area (Å²) in [4.78, 5) is 2.57. The standard InChI is InChI=1S/C19H38N4.C7H8/c1-3-5-7-9-11-13-15-23(18-19-17-20-22-21-19)16-14-12-10-8-6-4-2;1-7-5-3-2-4-6-7/h17H,3-16,18H2,1-2H3,(H,20,21,22);2-6H,1H3. The van der Waals surface area contributed by atoms with Crippen molar-refractivity contribution in [2.75, 3.05) is 13.1 Å². The Labute approximate surface area is 185 Å². The molecule has 2 rings (SSSR count). The van der Waals surface area contributed by atoms with Crippen LogP contribution in [0, 0.1) is 6.92 Å². The number of rotatable bonds is 16. The zero-order valence-corrected chi connectivity index (χ0v) is 19.9. The number of H-pyrrole nitrogens is 1. The highest BCUT2D eigenvalue weighted by Gasteiger charge is 2.07. The van der Waals surface area contributed by atoms with Crippen molar-refractivity contribution in [1.29, 1.82) is 0 Å². The number of aryl methyl sites for hydroxylation is 1. The van der Waals surface area contributed by atoms with Gasteiger partial charge in [-0.15, -0.1) is 5.10 Å². The van der Waals surface area contributed by atoms with E-state index in [9.17, 15) is 0 Å². The summed E-state index contributed by atoms with van der Waals surface area (Å²) >= 11 is 0. The maximum Gasteiger partial charge on any atom is 0.0964 e. The molecule has 0 fully saturated rings. The second-order valence-corrected chi connectivity index (χ2v) is 8.43. The zero-order valence-electron chi connectivity index (χ0n) is 19.9. The van der Waals surface area contributed by atoms with Crippen LogP contribution in [-0.2, 0) is 6.54 Å². The molecule has 0 atom stereocenters. The van der Waals surface area contributed by atoms with E-state index in [0.717, 1.165) is 12.2 Å². The second-order valence-electron chi connectivity index (χ2n) is 8.43. The molecule has 0 amide bonds. The first-order valence-corrected chi connectivity index (χ1v) is 12.4. The van der Waals surface area contributed by atoms with Crippen molar-refractivity contribution >= 4 is 0 Å². The van der Waals surface area contributed by atoms with E-state index >= 15 is 0 Å². The van der Waals surface area contributed by atoms with Gasteiger partial charge in [-0.3, -0.25) is 10.00 Å². The minimum Gasteiger partial charge on any atom is -0.297 e. The third-order valence-electron chi connectivity index (χ3n) is 5.45. The summed E-state index contributed by atoms with van der Waals surface area (Å²) in [6.45, 7) is 9.99. The van der Waals surface area contributed by atoms with Crippen LogP contribution in [0.4, 0.5) is 0 Å². The molecule has 1 heterocycles. The molecule has 2 aromatic rings. The van der Waals surface area contributed by atoms with Crippen LogP contribution >= 0.6 is 0 Å². The van der Waals surface area contributed by atoms with Gasteiger partial charge in [0.2, 0.25) is 0 Å². The number of aromatic nitrogens is 3. The maximum absolute atomic E-state index is 4.15. The highest BCUT2D eigenvalue weighted by Crippen LogP contribution is 2.10. The third-order valence-corrected chi connectivity index (χ3v) is 5.45. The Morgan fingerprint density at radius 2 is 1.27 bits per heavy atom. The van der Waals surface area contributed by atoms with Crippen molar-refractivity contribution in [3.8, 4) is 0 Å². The number of unbranched alkanes of at least 4 members (excludes halogenated alkanes) is 10. The quantitative estimate of drug-likeness (QED) is 0.293. The topological polar surface area (TPSA) is 44.8 Å². The predicted molar refractivity (Wildman–Crippen MR) is 130 cm³/mol. The Morgan fingerprint density at radius 3 is 1.70 bits per heavy atom. The van der Waals surface area contributed by atoms with Crippen LogP contribution in [0.1, 0.15) is 102 Å². The van der Waals surface area contributed by atoms with Crippen LogP contribution < -0.4 is 0 Å². The van der Waals surface area contributed by atoms with Crippen LogP contribution in [0.15, 0.2) is 36.5 Å². The second kappa shape index (κ2) is 19.3. The van der Waals surface area contributed by atoms with Gasteiger partial charge in [0.05, 0.1) is 5.69 Å². The van der Waals surface area contributed by atoms with Gasteiger partial charge in [0.25, 0.3) is 0 Å². The monoisotopic (exact) mass is 414 g/mol. The maximum atomic E-state index is 4.15. The van der Waals surface area contributed by atoms with E-state index in [0.29, 0.717) is 0 Å². The van der Waals surface area contributed by atoms with Gasteiger partial charge < -0.3 is 0 Å². The smallest absolute Gasteiger partial charge is 0.0964 e. The fraction of sp³-hybridized carbons (Fsp3) is 0.692. The molecule has 0 unspecified atom stereocenters. The summed E-state index contributed by atoms with van der Waals surface area (Å²) in [5.74, 6) is 0. The first kappa shape index (κ1) is 26.4. The first-order chi connectivity index (χ1) is 14.8. The predicted octanol–water partition coefficient (Wildman–Crippen LogP) is 7.32. The molecule has 0 aliphatic carbocycles. The molecule has 0 aliphatic rings. The van der Waals surface area contributed by atoms with Crippen LogP contribution in [0.2, 0.25) is 0 Å². The number of hydrogen-bond acceptors (Lipinski definition) is 3. The summed E-state index contributed by atoms with van der Waals surface area (Å²) in [5.41, 5.74) is 2.39. The molecule has 0 saturated heterocycles. The Kier molecular flexibility index (Phi) is 16.9. The normalized spacial score (nSPS) is 10.8. The molecule has 30 heavy (non-hydrogen) atoms. The molecule has 1 N–H and O–H groups in total. The van der Waals surface area contributed by atoms with E-state index in [1.54, 1.807) is 0 Å². The van der Waals surface area contributed by atoms with Crippen molar-refractivity contribution in [3.63, 3.8) is 0 Å². The number of aromatic amines is 1. The van der Waals surface area contributed by atoms with Crippen molar-refractivity contribution in [1.82, 2.24) is 20.3 Å². The Morgan fingerprint density at radius 1 is 0.733 bits per heavy atom. The molecule has 1 aromatic heterocycles. The van der Waals surface area contributed by atoms with Crippen molar-refractivity contribution in [2.45, 2.75) is 104 Å². The fourth-order valence-electron chi connectivity index (χ4n) is 3.57. The van der Waals surface area contributed by atoms with Gasteiger partial charge in [0.15, 0.2) is 0 Å². The first-order valence-electron chi connectivity index (χ1n) is 12.4. The number of nitrogens with one attached hydrogen (secondary N) is 1. The third kappa shape index (κ3) is 15.2. The van der Waals surface area contributed by atoms with Gasteiger partial charge in [-0.25, -0.2) is 0 Å². The lowest BCUT2D eigenvalue weighted by Crippen LogP contribution is -2.26. The molecule has 0 saturated carbocycles. The lowest BCUT2D eigenvalue weighted by Gasteiger charge is -2.21. The van der Waals surface area contributed by atoms with E-state index in [4.69, 9.17) is 0 Å². The van der Waals surface area contributed by atoms with E-state index in [-0.39, 0.29) is 0 Å². The summed E-state index contributed by atoms with van der Waals surface area (Å²) in [6, 6.07) is 10.3. The summed E-state index contributed by atoms with van der Waals surface area (Å²) < 4.78 is 0.